The SMILES string of the molecule is Cc1nc(CC(N)c2cnn(C)c2C)cs1. The molecule has 2 aromatic rings. The van der Waals surface area contributed by atoms with E-state index in [4.69, 9.17) is 5.73 Å². The van der Waals surface area contributed by atoms with Gasteiger partial charge in [0, 0.05) is 36.1 Å². The molecule has 0 aromatic carbocycles. The zero-order valence-electron chi connectivity index (χ0n) is 9.77. The summed E-state index contributed by atoms with van der Waals surface area (Å²) in [7, 11) is 1.93. The summed E-state index contributed by atoms with van der Waals surface area (Å²) < 4.78 is 1.85. The summed E-state index contributed by atoms with van der Waals surface area (Å²) in [6, 6.07) is -0.0183. The van der Waals surface area contributed by atoms with E-state index in [0.717, 1.165) is 28.4 Å². The second-order valence-corrected chi connectivity index (χ2v) is 5.04. The van der Waals surface area contributed by atoms with Gasteiger partial charge in [0.05, 0.1) is 16.9 Å². The molecular weight excluding hydrogens is 220 g/mol. The first-order chi connectivity index (χ1) is 7.58. The topological polar surface area (TPSA) is 56.7 Å². The van der Waals surface area contributed by atoms with Crippen LogP contribution < -0.4 is 5.73 Å². The molecule has 2 aromatic heterocycles. The predicted octanol–water partition coefficient (Wildman–Crippen LogP) is 1.74. The van der Waals surface area contributed by atoms with Crippen molar-refractivity contribution in [2.24, 2.45) is 12.8 Å². The number of hydrogen-bond donors (Lipinski definition) is 1. The van der Waals surface area contributed by atoms with Crippen molar-refractivity contribution in [2.75, 3.05) is 0 Å². The van der Waals surface area contributed by atoms with Gasteiger partial charge in [-0.1, -0.05) is 0 Å². The summed E-state index contributed by atoms with van der Waals surface area (Å²) in [4.78, 5) is 4.42. The third-order valence-electron chi connectivity index (χ3n) is 2.77. The van der Waals surface area contributed by atoms with E-state index in [1.807, 2.05) is 31.8 Å². The van der Waals surface area contributed by atoms with Crippen LogP contribution in [0.1, 0.15) is 28.0 Å². The molecule has 0 fully saturated rings. The molecule has 2 rings (SSSR count). The van der Waals surface area contributed by atoms with Gasteiger partial charge in [0.2, 0.25) is 0 Å². The molecule has 0 saturated heterocycles. The molecule has 0 aliphatic heterocycles. The second kappa shape index (κ2) is 4.35. The van der Waals surface area contributed by atoms with Gasteiger partial charge in [-0.2, -0.15) is 5.10 Å². The average molecular weight is 236 g/mol. The fourth-order valence-electron chi connectivity index (χ4n) is 1.72. The van der Waals surface area contributed by atoms with Gasteiger partial charge in [-0.3, -0.25) is 4.68 Å². The van der Waals surface area contributed by atoms with E-state index in [1.54, 1.807) is 11.3 Å². The molecule has 0 bridgehead atoms. The number of hydrogen-bond acceptors (Lipinski definition) is 4. The highest BCUT2D eigenvalue weighted by atomic mass is 32.1. The molecule has 1 unspecified atom stereocenters. The van der Waals surface area contributed by atoms with Crippen LogP contribution in [0.2, 0.25) is 0 Å². The number of nitrogens with two attached hydrogens (primary N) is 1. The largest absolute Gasteiger partial charge is 0.324 e. The van der Waals surface area contributed by atoms with E-state index in [0.29, 0.717) is 0 Å². The molecule has 1 atom stereocenters. The maximum atomic E-state index is 6.16. The van der Waals surface area contributed by atoms with Crippen molar-refractivity contribution >= 4 is 11.3 Å². The second-order valence-electron chi connectivity index (χ2n) is 3.98. The summed E-state index contributed by atoms with van der Waals surface area (Å²) in [6.07, 6.45) is 2.62. The van der Waals surface area contributed by atoms with Crippen molar-refractivity contribution in [3.63, 3.8) is 0 Å². The van der Waals surface area contributed by atoms with E-state index in [1.165, 1.54) is 0 Å². The molecular formula is C11H16N4S. The molecule has 2 N–H and O–H groups in total. The minimum Gasteiger partial charge on any atom is -0.324 e. The van der Waals surface area contributed by atoms with Gasteiger partial charge in [0.15, 0.2) is 0 Å². The highest BCUT2D eigenvalue weighted by molar-refractivity contribution is 7.09. The van der Waals surface area contributed by atoms with Crippen LogP contribution >= 0.6 is 11.3 Å². The van der Waals surface area contributed by atoms with E-state index in [2.05, 4.69) is 15.5 Å². The minimum atomic E-state index is -0.0183. The zero-order chi connectivity index (χ0) is 11.7. The molecule has 0 saturated carbocycles. The molecule has 16 heavy (non-hydrogen) atoms. The van der Waals surface area contributed by atoms with Crippen molar-refractivity contribution in [1.82, 2.24) is 14.8 Å². The Labute approximate surface area is 99.1 Å². The summed E-state index contributed by atoms with van der Waals surface area (Å²) in [6.45, 7) is 4.05. The third kappa shape index (κ3) is 2.15. The molecule has 4 nitrogen and oxygen atoms in total. The van der Waals surface area contributed by atoms with E-state index in [9.17, 15) is 0 Å². The van der Waals surface area contributed by atoms with Gasteiger partial charge in [0.1, 0.15) is 0 Å². The first-order valence-corrected chi connectivity index (χ1v) is 6.11. The minimum absolute atomic E-state index is 0.0183. The van der Waals surface area contributed by atoms with Crippen molar-refractivity contribution in [3.05, 3.63) is 33.5 Å². The summed E-state index contributed by atoms with van der Waals surface area (Å²) in [5.74, 6) is 0. The Morgan fingerprint density at radius 3 is 2.75 bits per heavy atom. The Bertz CT molecular complexity index is 486. The van der Waals surface area contributed by atoms with Crippen LogP contribution in [0.25, 0.3) is 0 Å². The first kappa shape index (κ1) is 11.3. The van der Waals surface area contributed by atoms with Crippen molar-refractivity contribution in [1.29, 1.82) is 0 Å². The lowest BCUT2D eigenvalue weighted by Gasteiger charge is -2.09. The van der Waals surface area contributed by atoms with Gasteiger partial charge < -0.3 is 5.73 Å². The zero-order valence-corrected chi connectivity index (χ0v) is 10.6. The lowest BCUT2D eigenvalue weighted by atomic mass is 10.0. The summed E-state index contributed by atoms with van der Waals surface area (Å²) in [5.41, 5.74) is 9.46. The van der Waals surface area contributed by atoms with Gasteiger partial charge in [0.25, 0.3) is 0 Å². The van der Waals surface area contributed by atoms with Crippen LogP contribution in [-0.4, -0.2) is 14.8 Å². The summed E-state index contributed by atoms with van der Waals surface area (Å²) in [5, 5.41) is 7.36. The molecule has 0 amide bonds. The van der Waals surface area contributed by atoms with Gasteiger partial charge in [-0.05, 0) is 13.8 Å². The van der Waals surface area contributed by atoms with Gasteiger partial charge >= 0.3 is 0 Å². The average Bonchev–Trinajstić information content (AvgIpc) is 2.76. The molecule has 0 spiro atoms. The Kier molecular flexibility index (Phi) is 3.07. The van der Waals surface area contributed by atoms with E-state index in [-0.39, 0.29) is 6.04 Å². The number of aromatic nitrogens is 3. The van der Waals surface area contributed by atoms with Crippen molar-refractivity contribution in [2.45, 2.75) is 26.3 Å². The number of thiazole rings is 1. The third-order valence-corrected chi connectivity index (χ3v) is 3.59. The fourth-order valence-corrected chi connectivity index (χ4v) is 2.34. The van der Waals surface area contributed by atoms with Crippen LogP contribution in [0.15, 0.2) is 11.6 Å². The molecule has 0 aliphatic rings. The van der Waals surface area contributed by atoms with E-state index >= 15 is 0 Å². The molecule has 86 valence electrons. The lowest BCUT2D eigenvalue weighted by molar-refractivity contribution is 0.692. The molecule has 2 heterocycles. The van der Waals surface area contributed by atoms with Crippen LogP contribution in [0, 0.1) is 13.8 Å². The van der Waals surface area contributed by atoms with Gasteiger partial charge in [-0.15, -0.1) is 11.3 Å². The first-order valence-electron chi connectivity index (χ1n) is 5.23. The van der Waals surface area contributed by atoms with Crippen molar-refractivity contribution < 1.29 is 0 Å². The van der Waals surface area contributed by atoms with Crippen LogP contribution in [-0.2, 0) is 13.5 Å². The Morgan fingerprint density at radius 2 is 2.25 bits per heavy atom. The lowest BCUT2D eigenvalue weighted by Crippen LogP contribution is -2.14. The van der Waals surface area contributed by atoms with Gasteiger partial charge in [-0.25, -0.2) is 4.98 Å². The molecule has 0 radical (unpaired) electrons. The van der Waals surface area contributed by atoms with Crippen LogP contribution in [0.3, 0.4) is 0 Å². The fraction of sp³-hybridized carbons (Fsp3) is 0.455. The summed E-state index contributed by atoms with van der Waals surface area (Å²) >= 11 is 1.66. The predicted molar refractivity (Wildman–Crippen MR) is 65.4 cm³/mol. The Morgan fingerprint density at radius 1 is 1.50 bits per heavy atom. The maximum Gasteiger partial charge on any atom is 0.0897 e. The maximum absolute atomic E-state index is 6.16. The smallest absolute Gasteiger partial charge is 0.0897 e. The Balaban J connectivity index is 2.14. The molecule has 5 heteroatoms. The standard InChI is InChI=1S/C11H16N4S/c1-7-10(5-13-15(7)3)11(12)4-9-6-16-8(2)14-9/h5-6,11H,4,12H2,1-3H3. The highest BCUT2D eigenvalue weighted by Gasteiger charge is 2.14. The number of nitrogens with zero attached hydrogens (tertiary/aromatic N) is 3. The van der Waals surface area contributed by atoms with Crippen molar-refractivity contribution in [3.8, 4) is 0 Å². The molecule has 0 aliphatic carbocycles. The van der Waals surface area contributed by atoms with Crippen LogP contribution in [0.4, 0.5) is 0 Å². The monoisotopic (exact) mass is 236 g/mol. The van der Waals surface area contributed by atoms with E-state index < -0.39 is 0 Å². The number of rotatable bonds is 3. The Hall–Kier alpha value is -1.20. The van der Waals surface area contributed by atoms with Crippen LogP contribution in [0.5, 0.6) is 0 Å². The quantitative estimate of drug-likeness (QED) is 0.883. The highest BCUT2D eigenvalue weighted by Crippen LogP contribution is 2.19. The normalized spacial score (nSPS) is 13.0. The number of aryl methyl sites for hydroxylation is 2.